The lowest BCUT2D eigenvalue weighted by atomic mass is 10.0. The van der Waals surface area contributed by atoms with Crippen molar-refractivity contribution in [2.45, 2.75) is 58.5 Å². The van der Waals surface area contributed by atoms with Crippen molar-refractivity contribution in [3.63, 3.8) is 0 Å². The number of hydrogen-bond donors (Lipinski definition) is 1. The van der Waals surface area contributed by atoms with E-state index < -0.39 is 42.0 Å². The highest BCUT2D eigenvalue weighted by molar-refractivity contribution is 5.90. The zero-order valence-corrected chi connectivity index (χ0v) is 27.9. The third kappa shape index (κ3) is 9.30. The summed E-state index contributed by atoms with van der Waals surface area (Å²) >= 11 is 0. The summed E-state index contributed by atoms with van der Waals surface area (Å²) in [6, 6.07) is 18.8. The maximum absolute atomic E-state index is 15.3. The number of amides is 3. The van der Waals surface area contributed by atoms with Crippen molar-refractivity contribution < 1.29 is 41.8 Å². The summed E-state index contributed by atoms with van der Waals surface area (Å²) < 4.78 is 57.9. The van der Waals surface area contributed by atoms with Gasteiger partial charge in [0, 0.05) is 12.1 Å². The fourth-order valence-electron chi connectivity index (χ4n) is 5.16. The second-order valence-electron chi connectivity index (χ2n) is 12.6. The van der Waals surface area contributed by atoms with Gasteiger partial charge in [0.15, 0.2) is 0 Å². The van der Waals surface area contributed by atoms with Gasteiger partial charge in [0.25, 0.3) is 5.91 Å². The number of alkyl halides is 2. The zero-order valence-electron chi connectivity index (χ0n) is 27.9. The molecular formula is C35H37F3N6O6. The van der Waals surface area contributed by atoms with Crippen molar-refractivity contribution in [1.29, 1.82) is 0 Å². The van der Waals surface area contributed by atoms with Crippen LogP contribution in [0.2, 0.25) is 0 Å². The van der Waals surface area contributed by atoms with Crippen LogP contribution in [0.15, 0.2) is 72.9 Å². The number of ether oxygens (including phenoxy) is 3. The highest BCUT2D eigenvalue weighted by atomic mass is 19.3. The number of cyclic esters (lactones) is 1. The van der Waals surface area contributed by atoms with Gasteiger partial charge in [-0.25, -0.2) is 18.7 Å². The number of hydrogen-bond acceptors (Lipinski definition) is 8. The number of nitrogens with zero attached hydrogens (tertiary/aromatic N) is 5. The van der Waals surface area contributed by atoms with Gasteiger partial charge in [0.1, 0.15) is 29.0 Å². The molecule has 1 fully saturated rings. The zero-order chi connectivity index (χ0) is 36.0. The van der Waals surface area contributed by atoms with E-state index in [0.29, 0.717) is 17.8 Å². The maximum atomic E-state index is 15.3. The van der Waals surface area contributed by atoms with E-state index in [1.165, 1.54) is 17.0 Å². The molecule has 0 radical (unpaired) electrons. The monoisotopic (exact) mass is 694 g/mol. The van der Waals surface area contributed by atoms with Crippen molar-refractivity contribution in [1.82, 2.24) is 25.2 Å². The molecule has 0 saturated carbocycles. The summed E-state index contributed by atoms with van der Waals surface area (Å²) in [5.74, 6) is -1.32. The van der Waals surface area contributed by atoms with Gasteiger partial charge in [-0.2, -0.15) is 8.78 Å². The Balaban J connectivity index is 1.25. The molecule has 15 heteroatoms. The van der Waals surface area contributed by atoms with Gasteiger partial charge in [-0.15, -0.1) is 5.10 Å². The number of benzene rings is 3. The highest BCUT2D eigenvalue weighted by Gasteiger charge is 2.33. The summed E-state index contributed by atoms with van der Waals surface area (Å²) in [6.07, 6.45) is -3.61. The van der Waals surface area contributed by atoms with Gasteiger partial charge >= 0.3 is 18.6 Å². The predicted octanol–water partition coefficient (Wildman–Crippen LogP) is 5.78. The van der Waals surface area contributed by atoms with Crippen LogP contribution in [-0.2, 0) is 33.9 Å². The number of halogens is 3. The van der Waals surface area contributed by atoms with Gasteiger partial charge in [-0.1, -0.05) is 41.6 Å². The first-order chi connectivity index (χ1) is 23.8. The molecule has 50 heavy (non-hydrogen) atoms. The topological polar surface area (TPSA) is 128 Å². The van der Waals surface area contributed by atoms with Crippen molar-refractivity contribution in [3.05, 3.63) is 95.6 Å². The largest absolute Gasteiger partial charge is 0.497 e. The van der Waals surface area contributed by atoms with Crippen molar-refractivity contribution in [3.8, 4) is 16.9 Å². The van der Waals surface area contributed by atoms with Crippen molar-refractivity contribution in [2.24, 2.45) is 0 Å². The van der Waals surface area contributed by atoms with Gasteiger partial charge in [-0.3, -0.25) is 14.6 Å². The summed E-state index contributed by atoms with van der Waals surface area (Å²) in [7, 11) is 1.60. The molecule has 1 aliphatic heterocycles. The number of nitrogens with one attached hydrogen (secondary N) is 1. The van der Waals surface area contributed by atoms with Crippen LogP contribution in [0.1, 0.15) is 37.6 Å². The fraction of sp³-hybridized carbons (Fsp3) is 0.343. The molecule has 5 rings (SSSR count). The summed E-state index contributed by atoms with van der Waals surface area (Å²) in [5.41, 5.74) is 2.63. The lowest BCUT2D eigenvalue weighted by molar-refractivity contribution is -0.132. The Bertz CT molecular complexity index is 1810. The SMILES string of the molecule is COc1ccc(Cn2cc(CN(Cc3ccc(-c4ccc(N5C[C@H](CNC(=O)C(F)F)OC5=O)cc4F)cc3)C(=O)OC(C)(C)C)nn2)cc1. The molecule has 264 valence electrons. The van der Waals surface area contributed by atoms with Gasteiger partial charge in [-0.05, 0) is 67.8 Å². The third-order valence-electron chi connectivity index (χ3n) is 7.57. The second kappa shape index (κ2) is 15.3. The molecule has 1 atom stereocenters. The minimum Gasteiger partial charge on any atom is -0.497 e. The maximum Gasteiger partial charge on any atom is 0.414 e. The summed E-state index contributed by atoms with van der Waals surface area (Å²) in [6.45, 7) is 5.79. The van der Waals surface area contributed by atoms with Crippen LogP contribution in [0.25, 0.3) is 11.1 Å². The summed E-state index contributed by atoms with van der Waals surface area (Å²) in [4.78, 5) is 39.4. The van der Waals surface area contributed by atoms with Gasteiger partial charge in [0.05, 0.1) is 45.2 Å². The average molecular weight is 695 g/mol. The van der Waals surface area contributed by atoms with Crippen molar-refractivity contribution >= 4 is 23.8 Å². The molecule has 1 aromatic heterocycles. The Morgan fingerprint density at radius 1 is 1.04 bits per heavy atom. The average Bonchev–Trinajstić information content (AvgIpc) is 3.68. The molecule has 1 aliphatic rings. The van der Waals surface area contributed by atoms with Crippen LogP contribution in [0.3, 0.4) is 0 Å². The van der Waals surface area contributed by atoms with E-state index in [0.717, 1.165) is 21.8 Å². The van der Waals surface area contributed by atoms with Crippen LogP contribution >= 0.6 is 0 Å². The molecule has 0 spiro atoms. The minimum absolute atomic E-state index is 0.0526. The molecule has 12 nitrogen and oxygen atoms in total. The number of carbonyl (C=O) groups is 3. The van der Waals surface area contributed by atoms with E-state index in [-0.39, 0.29) is 37.4 Å². The first-order valence-corrected chi connectivity index (χ1v) is 15.7. The standard InChI is InChI=1S/C35H37F3N6O6/c1-35(2,3)50-33(46)42(19-25-20-43(41-40-25)18-23-7-12-27(48-4)13-8-23)17-22-5-9-24(10-6-22)29-14-11-26(15-30(29)36)44-21-28(49-34(44)47)16-39-32(45)31(37)38/h5-15,20,28,31H,16-19,21H2,1-4H3,(H,39,45)/t28-/m0/s1. The molecule has 2 heterocycles. The molecular weight excluding hydrogens is 657 g/mol. The highest BCUT2D eigenvalue weighted by Crippen LogP contribution is 2.30. The second-order valence-corrected chi connectivity index (χ2v) is 12.6. The van der Waals surface area contributed by atoms with Crippen LogP contribution in [-0.4, -0.2) is 76.3 Å². The Hall–Kier alpha value is -5.60. The van der Waals surface area contributed by atoms with E-state index in [1.54, 1.807) is 69.1 Å². The quantitative estimate of drug-likeness (QED) is 0.198. The van der Waals surface area contributed by atoms with Gasteiger partial charge in [0.2, 0.25) is 0 Å². The molecule has 1 saturated heterocycles. The van der Waals surface area contributed by atoms with E-state index in [9.17, 15) is 23.2 Å². The fourth-order valence-corrected chi connectivity index (χ4v) is 5.16. The first kappa shape index (κ1) is 35.7. The third-order valence-corrected chi connectivity index (χ3v) is 7.57. The normalized spacial score (nSPS) is 14.4. The number of carbonyl (C=O) groups excluding carboxylic acids is 3. The molecule has 1 N–H and O–H groups in total. The Labute approximate surface area is 286 Å². The van der Waals surface area contributed by atoms with E-state index in [1.807, 2.05) is 29.6 Å². The van der Waals surface area contributed by atoms with E-state index in [4.69, 9.17) is 14.2 Å². The van der Waals surface area contributed by atoms with Crippen molar-refractivity contribution in [2.75, 3.05) is 25.1 Å². The lowest BCUT2D eigenvalue weighted by Gasteiger charge is -2.27. The first-order valence-electron chi connectivity index (χ1n) is 15.7. The molecule has 4 aromatic rings. The number of methoxy groups -OCH3 is 1. The van der Waals surface area contributed by atoms with E-state index in [2.05, 4.69) is 10.3 Å². The molecule has 0 unspecified atom stereocenters. The molecule has 3 aromatic carbocycles. The summed E-state index contributed by atoms with van der Waals surface area (Å²) in [5, 5.41) is 10.5. The number of rotatable bonds is 12. The van der Waals surface area contributed by atoms with Gasteiger partial charge < -0.3 is 19.5 Å². The van der Waals surface area contributed by atoms with Crippen LogP contribution in [0.5, 0.6) is 5.75 Å². The number of aromatic nitrogens is 3. The predicted molar refractivity (Wildman–Crippen MR) is 176 cm³/mol. The number of anilines is 1. The van der Waals surface area contributed by atoms with Crippen LogP contribution < -0.4 is 15.0 Å². The smallest absolute Gasteiger partial charge is 0.414 e. The Kier molecular flexibility index (Phi) is 10.9. The molecule has 3 amide bonds. The van der Waals surface area contributed by atoms with Crippen LogP contribution in [0, 0.1) is 5.82 Å². The van der Waals surface area contributed by atoms with E-state index >= 15 is 4.39 Å². The molecule has 0 bridgehead atoms. The van der Waals surface area contributed by atoms with Crippen LogP contribution in [0.4, 0.5) is 28.4 Å². The Morgan fingerprint density at radius 2 is 1.74 bits per heavy atom. The Morgan fingerprint density at radius 3 is 2.38 bits per heavy atom. The molecule has 0 aliphatic carbocycles. The lowest BCUT2D eigenvalue weighted by Crippen LogP contribution is -2.37. The minimum atomic E-state index is -3.19.